The Balaban J connectivity index is 2.12. The number of unbranched alkanes of at least 4 members (excludes halogenated alkanes) is 1. The van der Waals surface area contributed by atoms with E-state index in [9.17, 15) is 4.79 Å². The van der Waals surface area contributed by atoms with Crippen molar-refractivity contribution >= 4 is 16.8 Å². The second-order valence-electron chi connectivity index (χ2n) is 6.32. The number of methoxy groups -OCH3 is 1. The Bertz CT molecular complexity index is 917. The van der Waals surface area contributed by atoms with Crippen molar-refractivity contribution in [1.29, 1.82) is 0 Å². The van der Waals surface area contributed by atoms with Gasteiger partial charge >= 0.3 is 0 Å². The van der Waals surface area contributed by atoms with Crippen LogP contribution in [0.2, 0.25) is 0 Å². The minimum absolute atomic E-state index is 0.0377. The minimum Gasteiger partial charge on any atom is -0.497 e. The van der Waals surface area contributed by atoms with Crippen LogP contribution in [0.15, 0.2) is 48.5 Å². The number of amides is 1. The molecule has 134 valence electrons. The monoisotopic (exact) mass is 348 g/mol. The van der Waals surface area contributed by atoms with Crippen LogP contribution >= 0.6 is 0 Å². The summed E-state index contributed by atoms with van der Waals surface area (Å²) in [4.78, 5) is 17.7. The fourth-order valence-corrected chi connectivity index (χ4v) is 3.10. The lowest BCUT2D eigenvalue weighted by Gasteiger charge is -2.15. The Morgan fingerprint density at radius 2 is 1.85 bits per heavy atom. The van der Waals surface area contributed by atoms with Gasteiger partial charge in [-0.3, -0.25) is 4.79 Å². The summed E-state index contributed by atoms with van der Waals surface area (Å²) in [7, 11) is 1.65. The maximum atomic E-state index is 12.9. The zero-order valence-corrected chi connectivity index (χ0v) is 15.5. The number of nitrogens with one attached hydrogen (secondary N) is 1. The average Bonchev–Trinajstić information content (AvgIpc) is 2.67. The molecular formula is C22H24N2O2. The first-order valence-electron chi connectivity index (χ1n) is 8.97. The van der Waals surface area contributed by atoms with Crippen molar-refractivity contribution in [2.24, 2.45) is 0 Å². The van der Waals surface area contributed by atoms with Gasteiger partial charge in [-0.05, 0) is 49.2 Å². The van der Waals surface area contributed by atoms with Gasteiger partial charge in [0.25, 0.3) is 5.91 Å². The Morgan fingerprint density at radius 3 is 2.54 bits per heavy atom. The molecule has 0 radical (unpaired) electrons. The number of fused-ring (bicyclic) bond motifs is 1. The summed E-state index contributed by atoms with van der Waals surface area (Å²) >= 11 is 0. The van der Waals surface area contributed by atoms with Gasteiger partial charge in [0.1, 0.15) is 5.75 Å². The van der Waals surface area contributed by atoms with E-state index in [1.165, 1.54) is 0 Å². The largest absolute Gasteiger partial charge is 0.497 e. The highest BCUT2D eigenvalue weighted by Crippen LogP contribution is 2.30. The van der Waals surface area contributed by atoms with Crippen LogP contribution in [0.1, 0.15) is 35.7 Å². The third-order valence-electron chi connectivity index (χ3n) is 4.54. The van der Waals surface area contributed by atoms with Crippen LogP contribution in [-0.4, -0.2) is 24.5 Å². The molecule has 3 aromatic rings. The molecule has 1 N–H and O–H groups in total. The molecule has 0 fully saturated rings. The summed E-state index contributed by atoms with van der Waals surface area (Å²) in [6.45, 7) is 4.76. The van der Waals surface area contributed by atoms with Crippen LogP contribution in [-0.2, 0) is 0 Å². The van der Waals surface area contributed by atoms with E-state index in [1.54, 1.807) is 7.11 Å². The Kier molecular flexibility index (Phi) is 5.52. The number of para-hydroxylation sites is 1. The lowest BCUT2D eigenvalue weighted by molar-refractivity contribution is 0.0954. The summed E-state index contributed by atoms with van der Waals surface area (Å²) < 4.78 is 5.24. The maximum Gasteiger partial charge on any atom is 0.252 e. The molecule has 0 aliphatic carbocycles. The summed E-state index contributed by atoms with van der Waals surface area (Å²) in [5, 5.41) is 3.93. The second kappa shape index (κ2) is 8.00. The van der Waals surface area contributed by atoms with Gasteiger partial charge in [-0.2, -0.15) is 0 Å². The van der Waals surface area contributed by atoms with Crippen LogP contribution in [0.25, 0.3) is 22.2 Å². The predicted octanol–water partition coefficient (Wildman–Crippen LogP) is 4.75. The molecule has 0 atom stereocenters. The molecule has 4 heteroatoms. The van der Waals surface area contributed by atoms with E-state index in [1.807, 2.05) is 55.5 Å². The predicted molar refractivity (Wildman–Crippen MR) is 106 cm³/mol. The van der Waals surface area contributed by atoms with Crippen LogP contribution in [0.4, 0.5) is 0 Å². The van der Waals surface area contributed by atoms with Gasteiger partial charge in [0.2, 0.25) is 0 Å². The molecule has 0 unspecified atom stereocenters. The number of pyridine rings is 1. The number of benzene rings is 2. The van der Waals surface area contributed by atoms with Gasteiger partial charge in [-0.25, -0.2) is 4.98 Å². The number of rotatable bonds is 6. The molecule has 4 nitrogen and oxygen atoms in total. The Morgan fingerprint density at radius 1 is 1.12 bits per heavy atom. The van der Waals surface area contributed by atoms with Gasteiger partial charge < -0.3 is 10.1 Å². The topological polar surface area (TPSA) is 51.2 Å². The number of nitrogens with zero attached hydrogens (tertiary/aromatic N) is 1. The normalized spacial score (nSPS) is 10.7. The molecule has 26 heavy (non-hydrogen) atoms. The number of carbonyl (C=O) groups excluding carboxylic acids is 1. The quantitative estimate of drug-likeness (QED) is 0.654. The second-order valence-corrected chi connectivity index (χ2v) is 6.32. The standard InChI is InChI=1S/C22H24N2O2/c1-4-5-14-23-22(25)20-15(2)21(16-10-12-17(26-3)13-11-16)24-19-9-7-6-8-18(19)20/h6-13H,4-5,14H2,1-3H3,(H,23,25). The first kappa shape index (κ1) is 17.9. The zero-order chi connectivity index (χ0) is 18.5. The molecule has 1 amide bonds. The highest BCUT2D eigenvalue weighted by Gasteiger charge is 2.18. The molecule has 0 saturated carbocycles. The van der Waals surface area contributed by atoms with Gasteiger partial charge in [0.05, 0.1) is 23.9 Å². The van der Waals surface area contributed by atoms with Crippen LogP contribution in [0.3, 0.4) is 0 Å². The molecule has 0 bridgehead atoms. The third kappa shape index (κ3) is 3.54. The fourth-order valence-electron chi connectivity index (χ4n) is 3.10. The van der Waals surface area contributed by atoms with Crippen molar-refractivity contribution in [3.63, 3.8) is 0 Å². The van der Waals surface area contributed by atoms with Crippen LogP contribution in [0.5, 0.6) is 5.75 Å². The van der Waals surface area contributed by atoms with Crippen molar-refractivity contribution in [2.75, 3.05) is 13.7 Å². The van der Waals surface area contributed by atoms with E-state index in [2.05, 4.69) is 12.2 Å². The van der Waals surface area contributed by atoms with E-state index in [-0.39, 0.29) is 5.91 Å². The minimum atomic E-state index is -0.0377. The van der Waals surface area contributed by atoms with Crippen molar-refractivity contribution < 1.29 is 9.53 Å². The molecule has 1 aromatic heterocycles. The van der Waals surface area contributed by atoms with E-state index < -0.39 is 0 Å². The Labute approximate surface area is 154 Å². The summed E-state index contributed by atoms with van der Waals surface area (Å²) in [6, 6.07) is 15.6. The summed E-state index contributed by atoms with van der Waals surface area (Å²) in [5.74, 6) is 0.758. The lowest BCUT2D eigenvalue weighted by atomic mass is 9.97. The number of hydrogen-bond acceptors (Lipinski definition) is 3. The highest BCUT2D eigenvalue weighted by molar-refractivity contribution is 6.08. The fraction of sp³-hybridized carbons (Fsp3) is 0.273. The first-order chi connectivity index (χ1) is 12.7. The highest BCUT2D eigenvalue weighted by atomic mass is 16.5. The molecule has 3 rings (SSSR count). The summed E-state index contributed by atoms with van der Waals surface area (Å²) in [5.41, 5.74) is 4.22. The molecular weight excluding hydrogens is 324 g/mol. The van der Waals surface area contributed by atoms with Crippen LogP contribution < -0.4 is 10.1 Å². The molecule has 0 spiro atoms. The molecule has 2 aromatic carbocycles. The van der Waals surface area contributed by atoms with Crippen LogP contribution in [0, 0.1) is 6.92 Å². The van der Waals surface area contributed by atoms with Gasteiger partial charge in [-0.1, -0.05) is 31.5 Å². The number of hydrogen-bond donors (Lipinski definition) is 1. The Hall–Kier alpha value is -2.88. The lowest BCUT2D eigenvalue weighted by Crippen LogP contribution is -2.25. The van der Waals surface area contributed by atoms with Crippen molar-refractivity contribution in [3.05, 3.63) is 59.7 Å². The molecule has 0 aliphatic heterocycles. The molecule has 1 heterocycles. The van der Waals surface area contributed by atoms with E-state index in [0.29, 0.717) is 12.1 Å². The SMILES string of the molecule is CCCCNC(=O)c1c(C)c(-c2ccc(OC)cc2)nc2ccccc12. The number of carbonyl (C=O) groups is 1. The molecule has 0 aliphatic rings. The van der Waals surface area contributed by atoms with Crippen molar-refractivity contribution in [3.8, 4) is 17.0 Å². The third-order valence-corrected chi connectivity index (χ3v) is 4.54. The van der Waals surface area contributed by atoms with Gasteiger partial charge in [0, 0.05) is 17.5 Å². The number of aromatic nitrogens is 1. The van der Waals surface area contributed by atoms with Gasteiger partial charge in [0.15, 0.2) is 0 Å². The van der Waals surface area contributed by atoms with Gasteiger partial charge in [-0.15, -0.1) is 0 Å². The first-order valence-corrected chi connectivity index (χ1v) is 8.97. The van der Waals surface area contributed by atoms with E-state index in [0.717, 1.165) is 46.3 Å². The smallest absolute Gasteiger partial charge is 0.252 e. The zero-order valence-electron chi connectivity index (χ0n) is 15.5. The van der Waals surface area contributed by atoms with E-state index >= 15 is 0 Å². The van der Waals surface area contributed by atoms with E-state index in [4.69, 9.17) is 9.72 Å². The number of ether oxygens (including phenoxy) is 1. The van der Waals surface area contributed by atoms with Crippen molar-refractivity contribution in [1.82, 2.24) is 10.3 Å². The maximum absolute atomic E-state index is 12.9. The summed E-state index contributed by atoms with van der Waals surface area (Å²) in [6.07, 6.45) is 2.02. The average molecular weight is 348 g/mol. The van der Waals surface area contributed by atoms with Crippen molar-refractivity contribution in [2.45, 2.75) is 26.7 Å². The molecule has 0 saturated heterocycles.